The second-order valence-electron chi connectivity index (χ2n) is 7.71. The third-order valence-electron chi connectivity index (χ3n) is 5.84. The normalized spacial score (nSPS) is 29.6. The van der Waals surface area contributed by atoms with Crippen LogP contribution in [0.2, 0.25) is 0 Å². The number of nitrogens with zero attached hydrogens (tertiary/aromatic N) is 1. The maximum Gasteiger partial charge on any atom is 0.0613 e. The van der Waals surface area contributed by atoms with Crippen LogP contribution in [0.15, 0.2) is 0 Å². The molecule has 0 saturated heterocycles. The van der Waals surface area contributed by atoms with Crippen LogP contribution in [0, 0.1) is 5.92 Å². The standard InChI is InChI=1S/C18H36N2O/c1-4-18(14-21,19-16-8-9-16)12-5-13-20(3)17-10-6-15(2)7-11-17/h15-17,19,21H,4-14H2,1-3H3. The van der Waals surface area contributed by atoms with Crippen molar-refractivity contribution in [1.82, 2.24) is 10.2 Å². The highest BCUT2D eigenvalue weighted by molar-refractivity contribution is 4.94. The van der Waals surface area contributed by atoms with Crippen molar-refractivity contribution >= 4 is 0 Å². The van der Waals surface area contributed by atoms with Crippen molar-refractivity contribution in [2.75, 3.05) is 20.2 Å². The van der Waals surface area contributed by atoms with Gasteiger partial charge in [0, 0.05) is 17.6 Å². The molecule has 0 aromatic rings. The van der Waals surface area contributed by atoms with Crippen LogP contribution in [0.3, 0.4) is 0 Å². The Morgan fingerprint density at radius 3 is 2.33 bits per heavy atom. The van der Waals surface area contributed by atoms with Crippen molar-refractivity contribution in [3.8, 4) is 0 Å². The molecule has 1 atom stereocenters. The molecule has 0 amide bonds. The fraction of sp³-hybridized carbons (Fsp3) is 1.00. The monoisotopic (exact) mass is 296 g/mol. The zero-order chi connectivity index (χ0) is 15.3. The predicted molar refractivity (Wildman–Crippen MR) is 89.5 cm³/mol. The van der Waals surface area contributed by atoms with Gasteiger partial charge in [-0.05, 0) is 77.3 Å². The van der Waals surface area contributed by atoms with Gasteiger partial charge in [0.15, 0.2) is 0 Å². The lowest BCUT2D eigenvalue weighted by atomic mass is 9.86. The lowest BCUT2D eigenvalue weighted by Gasteiger charge is -2.36. The number of rotatable bonds is 9. The van der Waals surface area contributed by atoms with Crippen LogP contribution in [-0.2, 0) is 0 Å². The van der Waals surface area contributed by atoms with E-state index >= 15 is 0 Å². The van der Waals surface area contributed by atoms with Gasteiger partial charge in [0.05, 0.1) is 6.61 Å². The Hall–Kier alpha value is -0.120. The first kappa shape index (κ1) is 17.2. The molecule has 1 unspecified atom stereocenters. The summed E-state index contributed by atoms with van der Waals surface area (Å²) in [6.45, 7) is 6.05. The molecule has 21 heavy (non-hydrogen) atoms. The second-order valence-corrected chi connectivity index (χ2v) is 7.71. The van der Waals surface area contributed by atoms with Crippen LogP contribution in [0.5, 0.6) is 0 Å². The molecule has 0 bridgehead atoms. The van der Waals surface area contributed by atoms with Gasteiger partial charge in [0.1, 0.15) is 0 Å². The molecule has 2 N–H and O–H groups in total. The second kappa shape index (κ2) is 7.94. The van der Waals surface area contributed by atoms with Crippen molar-refractivity contribution in [2.24, 2.45) is 5.92 Å². The van der Waals surface area contributed by atoms with Crippen molar-refractivity contribution in [3.63, 3.8) is 0 Å². The van der Waals surface area contributed by atoms with E-state index in [1.54, 1.807) is 0 Å². The lowest BCUT2D eigenvalue weighted by molar-refractivity contribution is 0.127. The van der Waals surface area contributed by atoms with Crippen molar-refractivity contribution in [2.45, 2.75) is 89.3 Å². The van der Waals surface area contributed by atoms with Gasteiger partial charge in [-0.25, -0.2) is 0 Å². The van der Waals surface area contributed by atoms with E-state index in [1.807, 2.05) is 0 Å². The van der Waals surface area contributed by atoms with Crippen molar-refractivity contribution in [3.05, 3.63) is 0 Å². The van der Waals surface area contributed by atoms with Gasteiger partial charge in [-0.2, -0.15) is 0 Å². The van der Waals surface area contributed by atoms with Crippen LogP contribution < -0.4 is 5.32 Å². The van der Waals surface area contributed by atoms with Crippen molar-refractivity contribution < 1.29 is 5.11 Å². The Kier molecular flexibility index (Phi) is 6.51. The molecular formula is C18H36N2O. The summed E-state index contributed by atoms with van der Waals surface area (Å²) in [6.07, 6.45) is 11.4. The first-order chi connectivity index (χ1) is 10.1. The molecule has 0 heterocycles. The fourth-order valence-electron chi connectivity index (χ4n) is 3.78. The maximum atomic E-state index is 9.82. The summed E-state index contributed by atoms with van der Waals surface area (Å²) in [4.78, 5) is 2.57. The minimum atomic E-state index is -0.0247. The SMILES string of the molecule is CCC(CO)(CCCN(C)C1CCC(C)CC1)NC1CC1. The van der Waals surface area contributed by atoms with Gasteiger partial charge in [-0.15, -0.1) is 0 Å². The Bertz CT molecular complexity index is 292. The minimum absolute atomic E-state index is 0.0247. The van der Waals surface area contributed by atoms with Crippen LogP contribution in [0.25, 0.3) is 0 Å². The van der Waals surface area contributed by atoms with Gasteiger partial charge in [0.25, 0.3) is 0 Å². The molecule has 3 heteroatoms. The average Bonchev–Trinajstić information content (AvgIpc) is 3.30. The molecule has 3 nitrogen and oxygen atoms in total. The van der Waals surface area contributed by atoms with E-state index in [9.17, 15) is 5.11 Å². The third kappa shape index (κ3) is 5.22. The Morgan fingerprint density at radius 2 is 1.81 bits per heavy atom. The van der Waals surface area contributed by atoms with Crippen LogP contribution in [0.1, 0.15) is 71.6 Å². The minimum Gasteiger partial charge on any atom is -0.394 e. The van der Waals surface area contributed by atoms with Gasteiger partial charge in [-0.3, -0.25) is 0 Å². The first-order valence-electron chi connectivity index (χ1n) is 9.17. The van der Waals surface area contributed by atoms with Gasteiger partial charge in [0.2, 0.25) is 0 Å². The van der Waals surface area contributed by atoms with Crippen LogP contribution >= 0.6 is 0 Å². The fourth-order valence-corrected chi connectivity index (χ4v) is 3.78. The molecule has 0 aromatic carbocycles. The Labute approximate surface area is 131 Å². The molecule has 2 aliphatic carbocycles. The highest BCUT2D eigenvalue weighted by atomic mass is 16.3. The largest absolute Gasteiger partial charge is 0.394 e. The topological polar surface area (TPSA) is 35.5 Å². The van der Waals surface area contributed by atoms with E-state index in [2.05, 4.69) is 31.1 Å². The summed E-state index contributed by atoms with van der Waals surface area (Å²) in [5.41, 5.74) is -0.0247. The van der Waals surface area contributed by atoms with Gasteiger partial charge >= 0.3 is 0 Å². The molecule has 2 aliphatic rings. The lowest BCUT2D eigenvalue weighted by Crippen LogP contribution is -2.49. The molecule has 0 aliphatic heterocycles. The van der Waals surface area contributed by atoms with E-state index in [0.29, 0.717) is 6.04 Å². The Morgan fingerprint density at radius 1 is 1.14 bits per heavy atom. The quantitative estimate of drug-likeness (QED) is 0.686. The number of aliphatic hydroxyl groups is 1. The van der Waals surface area contributed by atoms with Crippen molar-refractivity contribution in [1.29, 1.82) is 0 Å². The molecule has 2 fully saturated rings. The summed E-state index contributed by atoms with van der Waals surface area (Å²) in [5.74, 6) is 0.930. The summed E-state index contributed by atoms with van der Waals surface area (Å²) in [6, 6.07) is 1.47. The Balaban J connectivity index is 1.70. The summed E-state index contributed by atoms with van der Waals surface area (Å²) in [5, 5.41) is 13.5. The molecule has 2 rings (SSSR count). The zero-order valence-electron chi connectivity index (χ0n) is 14.4. The number of nitrogens with one attached hydrogen (secondary N) is 1. The smallest absolute Gasteiger partial charge is 0.0613 e. The van der Waals surface area contributed by atoms with Gasteiger partial charge < -0.3 is 15.3 Å². The summed E-state index contributed by atoms with van der Waals surface area (Å²) >= 11 is 0. The molecule has 0 aromatic heterocycles. The van der Waals surface area contributed by atoms with E-state index in [0.717, 1.165) is 24.8 Å². The molecule has 0 spiro atoms. The van der Waals surface area contributed by atoms with E-state index < -0.39 is 0 Å². The van der Waals surface area contributed by atoms with E-state index in [4.69, 9.17) is 0 Å². The highest BCUT2D eigenvalue weighted by Gasteiger charge is 2.34. The maximum absolute atomic E-state index is 9.82. The summed E-state index contributed by atoms with van der Waals surface area (Å²) < 4.78 is 0. The molecule has 0 radical (unpaired) electrons. The average molecular weight is 296 g/mol. The molecule has 2 saturated carbocycles. The predicted octanol–water partition coefficient (Wildman–Crippen LogP) is 3.17. The zero-order valence-corrected chi connectivity index (χ0v) is 14.4. The molecule has 124 valence electrons. The molecular weight excluding hydrogens is 260 g/mol. The summed E-state index contributed by atoms with van der Waals surface area (Å²) in [7, 11) is 2.29. The first-order valence-corrected chi connectivity index (χ1v) is 9.17. The van der Waals surface area contributed by atoms with E-state index in [-0.39, 0.29) is 12.1 Å². The van der Waals surface area contributed by atoms with Crippen LogP contribution in [-0.4, -0.2) is 47.8 Å². The number of aliphatic hydroxyl groups excluding tert-OH is 1. The third-order valence-corrected chi connectivity index (χ3v) is 5.84. The number of hydrogen-bond donors (Lipinski definition) is 2. The van der Waals surface area contributed by atoms with Crippen LogP contribution in [0.4, 0.5) is 0 Å². The number of hydrogen-bond acceptors (Lipinski definition) is 3. The highest BCUT2D eigenvalue weighted by Crippen LogP contribution is 2.28. The van der Waals surface area contributed by atoms with E-state index in [1.165, 1.54) is 51.5 Å². The van der Waals surface area contributed by atoms with Gasteiger partial charge in [-0.1, -0.05) is 13.8 Å².